The molecule has 1 atom stereocenters. The summed E-state index contributed by atoms with van der Waals surface area (Å²) in [6, 6.07) is 7.35. The van der Waals surface area contributed by atoms with E-state index in [2.05, 4.69) is 23.9 Å². The molecule has 0 aliphatic carbocycles. The lowest BCUT2D eigenvalue weighted by molar-refractivity contribution is 0.110. The quantitative estimate of drug-likeness (QED) is 0.907. The van der Waals surface area contributed by atoms with E-state index >= 15 is 0 Å². The zero-order chi connectivity index (χ0) is 15.4. The lowest BCUT2D eigenvalue weighted by Gasteiger charge is -2.39. The third kappa shape index (κ3) is 3.99. The fourth-order valence-corrected chi connectivity index (χ4v) is 3.07. The van der Waals surface area contributed by atoms with Gasteiger partial charge in [0.25, 0.3) is 6.43 Å². The van der Waals surface area contributed by atoms with Gasteiger partial charge in [0.05, 0.1) is 0 Å². The van der Waals surface area contributed by atoms with E-state index in [1.54, 1.807) is 12.1 Å². The Labute approximate surface area is 125 Å². The monoisotopic (exact) mass is 297 g/mol. The van der Waals surface area contributed by atoms with Crippen molar-refractivity contribution in [2.75, 3.05) is 33.7 Å². The maximum Gasteiger partial charge on any atom is 0.263 e. The Balaban J connectivity index is 2.03. The van der Waals surface area contributed by atoms with E-state index < -0.39 is 6.43 Å². The van der Waals surface area contributed by atoms with Gasteiger partial charge in [-0.25, -0.2) is 8.78 Å². The first-order chi connectivity index (χ1) is 10.0. The topological polar surface area (TPSA) is 32.5 Å². The second kappa shape index (κ2) is 7.29. The maximum absolute atomic E-state index is 12.6. The highest BCUT2D eigenvalue weighted by molar-refractivity contribution is 5.26. The van der Waals surface area contributed by atoms with Crippen LogP contribution in [0, 0.1) is 0 Å². The highest BCUT2D eigenvalue weighted by atomic mass is 19.3. The summed E-state index contributed by atoms with van der Waals surface area (Å²) >= 11 is 0. The van der Waals surface area contributed by atoms with Gasteiger partial charge in [0.1, 0.15) is 0 Å². The molecule has 21 heavy (non-hydrogen) atoms. The Morgan fingerprint density at radius 3 is 2.10 bits per heavy atom. The summed E-state index contributed by atoms with van der Waals surface area (Å²) in [7, 11) is 4.23. The third-order valence-electron chi connectivity index (χ3n) is 4.47. The van der Waals surface area contributed by atoms with Gasteiger partial charge in [-0.2, -0.15) is 0 Å². The van der Waals surface area contributed by atoms with Crippen LogP contribution in [0.4, 0.5) is 8.78 Å². The van der Waals surface area contributed by atoms with Crippen molar-refractivity contribution in [3.8, 4) is 0 Å². The number of piperidine rings is 1. The van der Waals surface area contributed by atoms with Crippen LogP contribution in [-0.2, 0) is 0 Å². The molecule has 1 aromatic carbocycles. The van der Waals surface area contributed by atoms with Crippen molar-refractivity contribution in [2.45, 2.75) is 31.4 Å². The molecule has 1 aliphatic heterocycles. The molecular formula is C16H25F2N3. The van der Waals surface area contributed by atoms with Crippen LogP contribution in [0.1, 0.15) is 36.4 Å². The summed E-state index contributed by atoms with van der Waals surface area (Å²) in [5, 5.41) is 0. The first-order valence-corrected chi connectivity index (χ1v) is 7.51. The van der Waals surface area contributed by atoms with Crippen molar-refractivity contribution in [3.05, 3.63) is 35.4 Å². The van der Waals surface area contributed by atoms with Gasteiger partial charge in [-0.15, -0.1) is 0 Å². The molecule has 2 rings (SSSR count). The zero-order valence-corrected chi connectivity index (χ0v) is 12.8. The predicted octanol–water partition coefficient (Wildman–Crippen LogP) is 2.65. The van der Waals surface area contributed by atoms with Gasteiger partial charge in [-0.05, 0) is 32.5 Å². The molecule has 0 spiro atoms. The standard InChI is InChI=1S/C16H25F2N3/c1-20(2)14-7-9-21(10-8-14)15(11-19)12-3-5-13(6-4-12)16(17)18/h3-6,14-16H,7-11,19H2,1-2H3. The van der Waals surface area contributed by atoms with Gasteiger partial charge in [-0.1, -0.05) is 24.3 Å². The fraction of sp³-hybridized carbons (Fsp3) is 0.625. The van der Waals surface area contributed by atoms with E-state index in [0.717, 1.165) is 31.5 Å². The number of likely N-dealkylation sites (tertiary alicyclic amines) is 1. The molecule has 118 valence electrons. The normalized spacial score (nSPS) is 19.4. The number of alkyl halides is 2. The number of benzene rings is 1. The van der Waals surface area contributed by atoms with Gasteiger partial charge in [0, 0.05) is 37.3 Å². The molecule has 5 heteroatoms. The van der Waals surface area contributed by atoms with Crippen LogP contribution in [0.5, 0.6) is 0 Å². The van der Waals surface area contributed by atoms with Crippen molar-refractivity contribution < 1.29 is 8.78 Å². The number of hydrogen-bond acceptors (Lipinski definition) is 3. The Kier molecular flexibility index (Phi) is 5.67. The minimum Gasteiger partial charge on any atom is -0.329 e. The summed E-state index contributed by atoms with van der Waals surface area (Å²) in [5.41, 5.74) is 7.03. The molecule has 1 saturated heterocycles. The summed E-state index contributed by atoms with van der Waals surface area (Å²) < 4.78 is 25.2. The first kappa shape index (κ1) is 16.3. The van der Waals surface area contributed by atoms with E-state index in [-0.39, 0.29) is 11.6 Å². The van der Waals surface area contributed by atoms with E-state index in [1.807, 2.05) is 0 Å². The molecule has 1 fully saturated rings. The lowest BCUT2D eigenvalue weighted by Crippen LogP contribution is -2.45. The molecule has 1 aliphatic rings. The number of nitrogens with zero attached hydrogens (tertiary/aromatic N) is 2. The van der Waals surface area contributed by atoms with E-state index in [9.17, 15) is 8.78 Å². The Morgan fingerprint density at radius 2 is 1.67 bits per heavy atom. The van der Waals surface area contributed by atoms with Gasteiger partial charge in [-0.3, -0.25) is 4.90 Å². The smallest absolute Gasteiger partial charge is 0.263 e. The van der Waals surface area contributed by atoms with Gasteiger partial charge < -0.3 is 10.6 Å². The molecule has 1 heterocycles. The van der Waals surface area contributed by atoms with E-state index in [4.69, 9.17) is 5.73 Å². The van der Waals surface area contributed by atoms with Crippen LogP contribution in [0.2, 0.25) is 0 Å². The average Bonchev–Trinajstić information content (AvgIpc) is 2.49. The predicted molar refractivity (Wildman–Crippen MR) is 81.5 cm³/mol. The van der Waals surface area contributed by atoms with Crippen molar-refractivity contribution in [3.63, 3.8) is 0 Å². The van der Waals surface area contributed by atoms with E-state index in [1.165, 1.54) is 12.1 Å². The molecule has 3 nitrogen and oxygen atoms in total. The van der Waals surface area contributed by atoms with Crippen molar-refractivity contribution in [1.82, 2.24) is 9.80 Å². The van der Waals surface area contributed by atoms with Crippen molar-refractivity contribution in [2.24, 2.45) is 5.73 Å². The van der Waals surface area contributed by atoms with Gasteiger partial charge >= 0.3 is 0 Å². The van der Waals surface area contributed by atoms with Crippen LogP contribution < -0.4 is 5.73 Å². The molecule has 0 bridgehead atoms. The van der Waals surface area contributed by atoms with Crippen molar-refractivity contribution in [1.29, 1.82) is 0 Å². The fourth-order valence-electron chi connectivity index (χ4n) is 3.07. The minimum absolute atomic E-state index is 0.0702. The summed E-state index contributed by atoms with van der Waals surface area (Å²) in [6.07, 6.45) is -0.164. The highest BCUT2D eigenvalue weighted by Crippen LogP contribution is 2.27. The third-order valence-corrected chi connectivity index (χ3v) is 4.47. The molecule has 0 aromatic heterocycles. The Morgan fingerprint density at radius 1 is 1.14 bits per heavy atom. The average molecular weight is 297 g/mol. The Hall–Kier alpha value is -1.04. The maximum atomic E-state index is 12.6. The molecule has 0 saturated carbocycles. The molecule has 2 N–H and O–H groups in total. The summed E-state index contributed by atoms with van der Waals surface area (Å²) in [4.78, 5) is 4.64. The van der Waals surface area contributed by atoms with Crippen LogP contribution >= 0.6 is 0 Å². The molecule has 0 amide bonds. The number of rotatable bonds is 5. The lowest BCUT2D eigenvalue weighted by atomic mass is 9.98. The van der Waals surface area contributed by atoms with Crippen LogP contribution in [-0.4, -0.2) is 49.6 Å². The highest BCUT2D eigenvalue weighted by Gasteiger charge is 2.26. The second-order valence-corrected chi connectivity index (χ2v) is 5.95. The van der Waals surface area contributed by atoms with Gasteiger partial charge in [0.15, 0.2) is 0 Å². The summed E-state index contributed by atoms with van der Waals surface area (Å²) in [5.74, 6) is 0. The van der Waals surface area contributed by atoms with Crippen LogP contribution in [0.25, 0.3) is 0 Å². The minimum atomic E-state index is -2.41. The molecular weight excluding hydrogens is 272 g/mol. The van der Waals surface area contributed by atoms with E-state index in [0.29, 0.717) is 12.6 Å². The molecule has 1 aromatic rings. The molecule has 0 radical (unpaired) electrons. The summed E-state index contributed by atoms with van der Waals surface area (Å²) in [6.45, 7) is 2.52. The second-order valence-electron chi connectivity index (χ2n) is 5.95. The zero-order valence-electron chi connectivity index (χ0n) is 12.8. The number of nitrogens with two attached hydrogens (primary N) is 1. The van der Waals surface area contributed by atoms with Crippen molar-refractivity contribution >= 4 is 0 Å². The van der Waals surface area contributed by atoms with Crippen LogP contribution in [0.3, 0.4) is 0 Å². The van der Waals surface area contributed by atoms with Crippen LogP contribution in [0.15, 0.2) is 24.3 Å². The molecule has 1 unspecified atom stereocenters. The first-order valence-electron chi connectivity index (χ1n) is 7.51. The number of halogens is 2. The SMILES string of the molecule is CN(C)C1CCN(C(CN)c2ccc(C(F)F)cc2)CC1. The Bertz CT molecular complexity index is 426. The largest absolute Gasteiger partial charge is 0.329 e. The van der Waals surface area contributed by atoms with Gasteiger partial charge in [0.2, 0.25) is 0 Å². The number of hydrogen-bond donors (Lipinski definition) is 1.